The topological polar surface area (TPSA) is 84.3 Å². The third-order valence-corrected chi connectivity index (χ3v) is 3.73. The fourth-order valence-electron chi connectivity index (χ4n) is 2.64. The zero-order chi connectivity index (χ0) is 15.1. The second-order valence-corrected chi connectivity index (χ2v) is 5.40. The highest BCUT2D eigenvalue weighted by Gasteiger charge is 2.29. The van der Waals surface area contributed by atoms with Crippen molar-refractivity contribution in [2.75, 3.05) is 11.9 Å². The minimum absolute atomic E-state index is 0.119. The highest BCUT2D eigenvalue weighted by Crippen LogP contribution is 2.26. The number of anilines is 1. The van der Waals surface area contributed by atoms with E-state index in [0.29, 0.717) is 24.9 Å². The van der Waals surface area contributed by atoms with Gasteiger partial charge in [-0.1, -0.05) is 26.2 Å². The molecule has 0 aromatic carbocycles. The Hall–Kier alpha value is -1.85. The number of aromatic nitrogens is 2. The second-order valence-electron chi connectivity index (χ2n) is 5.40. The molecule has 2 atom stereocenters. The predicted molar refractivity (Wildman–Crippen MR) is 79.4 cm³/mol. The van der Waals surface area contributed by atoms with Gasteiger partial charge in [0.05, 0.1) is 12.5 Å². The molecule has 0 aliphatic heterocycles. The molecule has 2 N–H and O–H groups in total. The summed E-state index contributed by atoms with van der Waals surface area (Å²) in [7, 11) is 0. The van der Waals surface area contributed by atoms with E-state index in [-0.39, 0.29) is 12.0 Å². The lowest BCUT2D eigenvalue weighted by atomic mass is 9.95. The Morgan fingerprint density at radius 1 is 1.43 bits per heavy atom. The van der Waals surface area contributed by atoms with Gasteiger partial charge >= 0.3 is 5.97 Å². The van der Waals surface area contributed by atoms with Crippen molar-refractivity contribution in [3.8, 4) is 5.88 Å². The number of carbonyl (C=O) groups is 1. The number of aliphatic carboxylic acids is 1. The summed E-state index contributed by atoms with van der Waals surface area (Å²) in [4.78, 5) is 19.9. The molecule has 1 aliphatic carbocycles. The average molecular weight is 293 g/mol. The van der Waals surface area contributed by atoms with Gasteiger partial charge in [-0.3, -0.25) is 4.79 Å². The number of hydrogen-bond donors (Lipinski definition) is 2. The van der Waals surface area contributed by atoms with E-state index in [1.807, 2.05) is 6.92 Å². The van der Waals surface area contributed by atoms with Crippen molar-refractivity contribution >= 4 is 11.9 Å². The molecule has 0 bridgehead atoms. The smallest absolute Gasteiger partial charge is 0.308 e. The quantitative estimate of drug-likeness (QED) is 0.784. The Morgan fingerprint density at radius 2 is 2.24 bits per heavy atom. The molecule has 0 radical (unpaired) electrons. The number of nitrogens with one attached hydrogen (secondary N) is 1. The molecule has 6 nitrogen and oxygen atoms in total. The summed E-state index contributed by atoms with van der Waals surface area (Å²) < 4.78 is 5.48. The van der Waals surface area contributed by atoms with Crippen LogP contribution < -0.4 is 10.1 Å². The molecule has 1 aromatic heterocycles. The van der Waals surface area contributed by atoms with Crippen LogP contribution in [0.15, 0.2) is 12.3 Å². The Kier molecular flexibility index (Phi) is 5.78. The van der Waals surface area contributed by atoms with Gasteiger partial charge in [0.25, 0.3) is 0 Å². The van der Waals surface area contributed by atoms with E-state index >= 15 is 0 Å². The molecular formula is C15H23N3O3. The third kappa shape index (κ3) is 4.58. The molecular weight excluding hydrogens is 270 g/mol. The van der Waals surface area contributed by atoms with E-state index in [2.05, 4.69) is 15.3 Å². The number of carboxylic acid groups (broad SMARTS) is 1. The molecule has 1 fully saturated rings. The first-order valence-electron chi connectivity index (χ1n) is 7.66. The first-order valence-corrected chi connectivity index (χ1v) is 7.66. The fourth-order valence-corrected chi connectivity index (χ4v) is 2.64. The van der Waals surface area contributed by atoms with Gasteiger partial charge in [0, 0.05) is 18.3 Å². The normalized spacial score (nSPS) is 22.3. The molecule has 21 heavy (non-hydrogen) atoms. The van der Waals surface area contributed by atoms with Crippen LogP contribution in [-0.4, -0.2) is 33.7 Å². The monoisotopic (exact) mass is 293 g/mol. The number of rotatable bonds is 6. The lowest BCUT2D eigenvalue weighted by Gasteiger charge is -2.22. The second kappa shape index (κ2) is 7.81. The van der Waals surface area contributed by atoms with Crippen LogP contribution in [0.1, 0.15) is 45.4 Å². The number of carboxylic acids is 1. The van der Waals surface area contributed by atoms with E-state index in [1.54, 1.807) is 12.3 Å². The van der Waals surface area contributed by atoms with Crippen LogP contribution in [0.25, 0.3) is 0 Å². The van der Waals surface area contributed by atoms with Gasteiger partial charge < -0.3 is 15.2 Å². The highest BCUT2D eigenvalue weighted by molar-refractivity contribution is 5.71. The van der Waals surface area contributed by atoms with Gasteiger partial charge in [-0.05, 0) is 19.3 Å². The number of nitrogens with zero attached hydrogens (tertiary/aromatic N) is 2. The molecule has 1 aromatic rings. The van der Waals surface area contributed by atoms with E-state index in [0.717, 1.165) is 32.1 Å². The zero-order valence-electron chi connectivity index (χ0n) is 12.4. The molecule has 1 aliphatic rings. The number of hydrogen-bond acceptors (Lipinski definition) is 5. The average Bonchev–Trinajstić information content (AvgIpc) is 2.71. The first kappa shape index (κ1) is 15.5. The van der Waals surface area contributed by atoms with E-state index in [1.165, 1.54) is 0 Å². The summed E-state index contributed by atoms with van der Waals surface area (Å²) in [5.74, 6) is -0.152. The summed E-state index contributed by atoms with van der Waals surface area (Å²) in [6, 6.07) is 1.59. The SMILES string of the molecule is CCCOc1ccnc(NC2CCCCCC2C(=O)O)n1. The van der Waals surface area contributed by atoms with Gasteiger partial charge in [0.2, 0.25) is 11.8 Å². The van der Waals surface area contributed by atoms with Gasteiger partial charge in [-0.15, -0.1) is 0 Å². The maximum atomic E-state index is 11.4. The van der Waals surface area contributed by atoms with Crippen LogP contribution in [0.3, 0.4) is 0 Å². The van der Waals surface area contributed by atoms with Crippen molar-refractivity contribution in [2.45, 2.75) is 51.5 Å². The standard InChI is InChI=1S/C15H23N3O3/c1-2-10-21-13-8-9-16-15(18-13)17-12-7-5-3-4-6-11(12)14(19)20/h8-9,11-12H,2-7,10H2,1H3,(H,19,20)(H,16,17,18). The van der Waals surface area contributed by atoms with Crippen LogP contribution >= 0.6 is 0 Å². The predicted octanol–water partition coefficient (Wildman–Crippen LogP) is 2.71. The van der Waals surface area contributed by atoms with Gasteiger partial charge in [0.15, 0.2) is 0 Å². The van der Waals surface area contributed by atoms with Crippen molar-refractivity contribution in [1.82, 2.24) is 9.97 Å². The van der Waals surface area contributed by atoms with E-state index < -0.39 is 5.97 Å². The molecule has 0 amide bonds. The third-order valence-electron chi connectivity index (χ3n) is 3.73. The first-order chi connectivity index (χ1) is 10.2. The minimum atomic E-state index is -0.743. The van der Waals surface area contributed by atoms with Crippen molar-refractivity contribution in [1.29, 1.82) is 0 Å². The lowest BCUT2D eigenvalue weighted by Crippen LogP contribution is -2.34. The molecule has 0 saturated heterocycles. The fraction of sp³-hybridized carbons (Fsp3) is 0.667. The van der Waals surface area contributed by atoms with E-state index in [4.69, 9.17) is 4.74 Å². The molecule has 0 spiro atoms. The molecule has 1 heterocycles. The van der Waals surface area contributed by atoms with Crippen LogP contribution in [-0.2, 0) is 4.79 Å². The van der Waals surface area contributed by atoms with Gasteiger partial charge in [-0.25, -0.2) is 4.98 Å². The maximum Gasteiger partial charge on any atom is 0.308 e. The minimum Gasteiger partial charge on any atom is -0.481 e. The van der Waals surface area contributed by atoms with Crippen molar-refractivity contribution in [3.05, 3.63) is 12.3 Å². The summed E-state index contributed by atoms with van der Waals surface area (Å²) in [5, 5.41) is 12.6. The Morgan fingerprint density at radius 3 is 3.00 bits per heavy atom. The van der Waals surface area contributed by atoms with Crippen LogP contribution in [0.4, 0.5) is 5.95 Å². The molecule has 1 saturated carbocycles. The molecule has 116 valence electrons. The molecule has 6 heteroatoms. The Balaban J connectivity index is 2.05. The van der Waals surface area contributed by atoms with Gasteiger partial charge in [0.1, 0.15) is 0 Å². The lowest BCUT2D eigenvalue weighted by molar-refractivity contribution is -0.142. The Bertz CT molecular complexity index is 467. The summed E-state index contributed by atoms with van der Waals surface area (Å²) in [6.07, 6.45) is 7.17. The highest BCUT2D eigenvalue weighted by atomic mass is 16.5. The van der Waals surface area contributed by atoms with Crippen LogP contribution in [0.2, 0.25) is 0 Å². The molecule has 2 rings (SSSR count). The van der Waals surface area contributed by atoms with Crippen molar-refractivity contribution in [2.24, 2.45) is 5.92 Å². The largest absolute Gasteiger partial charge is 0.481 e. The summed E-state index contributed by atoms with van der Waals surface area (Å²) >= 11 is 0. The summed E-state index contributed by atoms with van der Waals surface area (Å²) in [5.41, 5.74) is 0. The zero-order valence-corrected chi connectivity index (χ0v) is 12.4. The van der Waals surface area contributed by atoms with Crippen molar-refractivity contribution < 1.29 is 14.6 Å². The maximum absolute atomic E-state index is 11.4. The molecule has 2 unspecified atom stereocenters. The summed E-state index contributed by atoms with van der Waals surface area (Å²) in [6.45, 7) is 2.64. The van der Waals surface area contributed by atoms with E-state index in [9.17, 15) is 9.90 Å². The van der Waals surface area contributed by atoms with Crippen molar-refractivity contribution in [3.63, 3.8) is 0 Å². The number of ether oxygens (including phenoxy) is 1. The van der Waals surface area contributed by atoms with Crippen LogP contribution in [0, 0.1) is 5.92 Å². The van der Waals surface area contributed by atoms with Gasteiger partial charge in [-0.2, -0.15) is 4.98 Å². The van der Waals surface area contributed by atoms with Crippen LogP contribution in [0.5, 0.6) is 5.88 Å². The Labute approximate surface area is 124 Å².